The van der Waals surface area contributed by atoms with Crippen molar-refractivity contribution < 1.29 is 14.1 Å². The molecule has 18 heavy (non-hydrogen) atoms. The summed E-state index contributed by atoms with van der Waals surface area (Å²) in [5.41, 5.74) is 0.347. The van der Waals surface area contributed by atoms with E-state index in [1.807, 2.05) is 6.92 Å². The molecule has 0 unspecified atom stereocenters. The molecule has 5 nitrogen and oxygen atoms in total. The Bertz CT molecular complexity index is 399. The first-order valence-corrected chi connectivity index (χ1v) is 5.85. The normalized spacial score (nSPS) is 10.6. The number of nitro groups is 1. The summed E-state index contributed by atoms with van der Waals surface area (Å²) < 4.78 is 18.3. The van der Waals surface area contributed by atoms with E-state index in [9.17, 15) is 14.5 Å². The summed E-state index contributed by atoms with van der Waals surface area (Å²) in [5.74, 6) is -0.588. The number of nitrogens with zero attached hydrogens (tertiary/aromatic N) is 1. The molecule has 0 aliphatic heterocycles. The second kappa shape index (κ2) is 7.73. The zero-order valence-corrected chi connectivity index (χ0v) is 10.3. The first kappa shape index (κ1) is 14.5. The minimum absolute atomic E-state index is 0.221. The van der Waals surface area contributed by atoms with Crippen molar-refractivity contribution in [3.63, 3.8) is 0 Å². The van der Waals surface area contributed by atoms with Gasteiger partial charge < -0.3 is 10.1 Å². The van der Waals surface area contributed by atoms with Crippen LogP contribution >= 0.6 is 0 Å². The van der Waals surface area contributed by atoms with Crippen molar-refractivity contribution in [3.8, 4) is 0 Å². The average Bonchev–Trinajstić information content (AvgIpc) is 2.33. The van der Waals surface area contributed by atoms with Gasteiger partial charge in [-0.3, -0.25) is 10.1 Å². The molecular formula is C12H17FN2O3. The Morgan fingerprint density at radius 2 is 2.22 bits per heavy atom. The highest BCUT2D eigenvalue weighted by atomic mass is 19.1. The Hall–Kier alpha value is -1.53. The molecule has 100 valence electrons. The lowest BCUT2D eigenvalue weighted by atomic mass is 10.2. The number of ether oxygens (including phenoxy) is 1. The van der Waals surface area contributed by atoms with E-state index >= 15 is 0 Å². The summed E-state index contributed by atoms with van der Waals surface area (Å²) in [6.45, 7) is 4.43. The van der Waals surface area contributed by atoms with Gasteiger partial charge in [-0.25, -0.2) is 4.39 Å². The van der Waals surface area contributed by atoms with Crippen LogP contribution in [0.4, 0.5) is 10.1 Å². The number of benzene rings is 1. The van der Waals surface area contributed by atoms with Crippen LogP contribution in [-0.2, 0) is 11.3 Å². The third kappa shape index (κ3) is 5.20. The highest BCUT2D eigenvalue weighted by molar-refractivity contribution is 5.35. The smallest absolute Gasteiger partial charge is 0.272 e. The average molecular weight is 256 g/mol. The zero-order chi connectivity index (χ0) is 13.4. The number of nitro benzene ring substituents is 1. The first-order chi connectivity index (χ1) is 8.63. The lowest BCUT2D eigenvalue weighted by Gasteiger charge is -2.05. The molecule has 0 saturated carbocycles. The van der Waals surface area contributed by atoms with E-state index in [0.29, 0.717) is 25.3 Å². The second-order valence-corrected chi connectivity index (χ2v) is 3.80. The van der Waals surface area contributed by atoms with Crippen LogP contribution in [-0.4, -0.2) is 24.7 Å². The van der Waals surface area contributed by atoms with E-state index < -0.39 is 10.7 Å². The van der Waals surface area contributed by atoms with Gasteiger partial charge in [0.25, 0.3) is 5.69 Å². The van der Waals surface area contributed by atoms with Gasteiger partial charge in [-0.05, 0) is 31.5 Å². The van der Waals surface area contributed by atoms with Crippen LogP contribution in [0.5, 0.6) is 0 Å². The van der Waals surface area contributed by atoms with Crippen molar-refractivity contribution in [2.24, 2.45) is 0 Å². The monoisotopic (exact) mass is 256 g/mol. The van der Waals surface area contributed by atoms with Gasteiger partial charge in [-0.2, -0.15) is 0 Å². The Morgan fingerprint density at radius 3 is 2.89 bits per heavy atom. The number of hydrogen-bond donors (Lipinski definition) is 1. The summed E-state index contributed by atoms with van der Waals surface area (Å²) >= 11 is 0. The van der Waals surface area contributed by atoms with E-state index in [2.05, 4.69) is 5.32 Å². The molecule has 1 aromatic rings. The first-order valence-electron chi connectivity index (χ1n) is 5.85. The molecule has 0 aliphatic carbocycles. The van der Waals surface area contributed by atoms with E-state index in [4.69, 9.17) is 4.74 Å². The molecule has 0 aromatic heterocycles. The number of halogens is 1. The Labute approximate surface area is 105 Å². The van der Waals surface area contributed by atoms with Crippen LogP contribution in [0.3, 0.4) is 0 Å². The van der Waals surface area contributed by atoms with Crippen LogP contribution in [0.15, 0.2) is 18.2 Å². The molecule has 0 atom stereocenters. The van der Waals surface area contributed by atoms with E-state index in [1.54, 1.807) is 0 Å². The molecule has 0 heterocycles. The summed E-state index contributed by atoms with van der Waals surface area (Å²) in [6.07, 6.45) is 0.852. The summed E-state index contributed by atoms with van der Waals surface area (Å²) in [4.78, 5) is 9.96. The highest BCUT2D eigenvalue weighted by Crippen LogP contribution is 2.16. The lowest BCUT2D eigenvalue weighted by Crippen LogP contribution is -2.16. The summed E-state index contributed by atoms with van der Waals surface area (Å²) in [5, 5.41) is 13.6. The van der Waals surface area contributed by atoms with Crippen molar-refractivity contribution in [3.05, 3.63) is 39.7 Å². The highest BCUT2D eigenvalue weighted by Gasteiger charge is 2.09. The molecule has 1 N–H and O–H groups in total. The SMILES string of the molecule is CCOCCCNCc1cc(F)cc([N+](=O)[O-])c1. The number of hydrogen-bond acceptors (Lipinski definition) is 4. The number of non-ortho nitro benzene ring substituents is 1. The van der Waals surface area contributed by atoms with Crippen molar-refractivity contribution in [2.45, 2.75) is 19.9 Å². The maximum Gasteiger partial charge on any atom is 0.272 e. The molecule has 0 radical (unpaired) electrons. The molecular weight excluding hydrogens is 239 g/mol. The molecule has 1 aromatic carbocycles. The fraction of sp³-hybridized carbons (Fsp3) is 0.500. The van der Waals surface area contributed by atoms with Crippen LogP contribution < -0.4 is 5.32 Å². The van der Waals surface area contributed by atoms with Gasteiger partial charge in [0.05, 0.1) is 11.0 Å². The topological polar surface area (TPSA) is 64.4 Å². The Morgan fingerprint density at radius 1 is 1.44 bits per heavy atom. The molecule has 0 amide bonds. The maximum atomic E-state index is 13.1. The predicted octanol–water partition coefficient (Wildman–Crippen LogP) is 2.25. The molecule has 6 heteroatoms. The second-order valence-electron chi connectivity index (χ2n) is 3.80. The van der Waals surface area contributed by atoms with Crippen molar-refractivity contribution in [1.82, 2.24) is 5.32 Å². The quantitative estimate of drug-likeness (QED) is 0.440. The predicted molar refractivity (Wildman–Crippen MR) is 65.9 cm³/mol. The molecule has 1 rings (SSSR count). The standard InChI is InChI=1S/C12H17FN2O3/c1-2-18-5-3-4-14-9-10-6-11(13)8-12(7-10)15(16)17/h6-8,14H,2-5,9H2,1H3. The fourth-order valence-electron chi connectivity index (χ4n) is 1.52. The van der Waals surface area contributed by atoms with Gasteiger partial charge in [-0.1, -0.05) is 0 Å². The maximum absolute atomic E-state index is 13.1. The lowest BCUT2D eigenvalue weighted by molar-refractivity contribution is -0.385. The molecule has 0 fully saturated rings. The number of nitrogens with one attached hydrogen (secondary N) is 1. The molecule has 0 spiro atoms. The van der Waals surface area contributed by atoms with E-state index in [0.717, 1.165) is 19.0 Å². The van der Waals surface area contributed by atoms with Crippen LogP contribution in [0, 0.1) is 15.9 Å². The van der Waals surface area contributed by atoms with E-state index in [1.165, 1.54) is 12.1 Å². The summed E-state index contributed by atoms with van der Waals surface area (Å²) in [6, 6.07) is 3.58. The third-order valence-corrected chi connectivity index (χ3v) is 2.33. The largest absolute Gasteiger partial charge is 0.382 e. The van der Waals surface area contributed by atoms with Gasteiger partial charge in [0, 0.05) is 25.8 Å². The van der Waals surface area contributed by atoms with Gasteiger partial charge in [0.15, 0.2) is 0 Å². The van der Waals surface area contributed by atoms with E-state index in [-0.39, 0.29) is 5.69 Å². The van der Waals surface area contributed by atoms with Crippen molar-refractivity contribution in [2.75, 3.05) is 19.8 Å². The van der Waals surface area contributed by atoms with Crippen molar-refractivity contribution in [1.29, 1.82) is 0 Å². The van der Waals surface area contributed by atoms with Gasteiger partial charge >= 0.3 is 0 Å². The van der Waals surface area contributed by atoms with Crippen LogP contribution in [0.2, 0.25) is 0 Å². The van der Waals surface area contributed by atoms with Crippen LogP contribution in [0.25, 0.3) is 0 Å². The Kier molecular flexibility index (Phi) is 6.24. The Balaban J connectivity index is 2.40. The minimum Gasteiger partial charge on any atom is -0.382 e. The van der Waals surface area contributed by atoms with Gasteiger partial charge in [0.2, 0.25) is 0 Å². The zero-order valence-electron chi connectivity index (χ0n) is 10.3. The molecule has 0 bridgehead atoms. The minimum atomic E-state index is -0.596. The van der Waals surface area contributed by atoms with Gasteiger partial charge in [-0.15, -0.1) is 0 Å². The fourth-order valence-corrected chi connectivity index (χ4v) is 1.52. The number of rotatable bonds is 8. The summed E-state index contributed by atoms with van der Waals surface area (Å²) in [7, 11) is 0. The third-order valence-electron chi connectivity index (χ3n) is 2.33. The van der Waals surface area contributed by atoms with Crippen molar-refractivity contribution >= 4 is 5.69 Å². The molecule has 0 aliphatic rings. The van der Waals surface area contributed by atoms with Gasteiger partial charge in [0.1, 0.15) is 5.82 Å². The molecule has 0 saturated heterocycles. The van der Waals surface area contributed by atoms with Crippen LogP contribution in [0.1, 0.15) is 18.9 Å².